The summed E-state index contributed by atoms with van der Waals surface area (Å²) in [4.78, 5) is 9.06. The van der Waals surface area contributed by atoms with Gasteiger partial charge in [-0.25, -0.2) is 0 Å². The molecular formula is C7H7NO3S. The number of amides is 1. The van der Waals surface area contributed by atoms with Crippen molar-refractivity contribution >= 4 is 16.9 Å². The van der Waals surface area contributed by atoms with Gasteiger partial charge in [-0.2, -0.15) is 8.42 Å². The van der Waals surface area contributed by atoms with Gasteiger partial charge >= 0.3 is 10.5 Å². The van der Waals surface area contributed by atoms with E-state index in [9.17, 15) is 8.42 Å². The van der Waals surface area contributed by atoms with Crippen molar-refractivity contribution in [3.63, 3.8) is 0 Å². The lowest BCUT2D eigenvalue weighted by molar-refractivity contribution is -0.106. The average Bonchev–Trinajstić information content (AvgIpc) is 2.08. The molecule has 4 nitrogen and oxygen atoms in total. The van der Waals surface area contributed by atoms with Gasteiger partial charge in [0.25, 0.3) is 0 Å². The highest BCUT2D eigenvalue weighted by Crippen LogP contribution is 1.79. The standard InChI is InChI=1S/C6H6.CHNO3S/c1-2-4-6-5-3-1;3-1-2-6(4)5/h1-6H;1H. The first-order valence-corrected chi connectivity index (χ1v) is 4.04. The van der Waals surface area contributed by atoms with Crippen LogP contribution in [0.15, 0.2) is 40.8 Å². The SMILES string of the molecule is O=CN=S(=O)=O.c1ccccc1. The van der Waals surface area contributed by atoms with E-state index in [1.165, 1.54) is 0 Å². The summed E-state index contributed by atoms with van der Waals surface area (Å²) >= 11 is 0. The zero-order valence-electron chi connectivity index (χ0n) is 6.12. The lowest BCUT2D eigenvalue weighted by Crippen LogP contribution is -1.56. The molecule has 0 atom stereocenters. The van der Waals surface area contributed by atoms with E-state index < -0.39 is 10.5 Å². The molecule has 5 heteroatoms. The van der Waals surface area contributed by atoms with E-state index in [2.05, 4.69) is 4.36 Å². The Balaban J connectivity index is 0.000000202. The van der Waals surface area contributed by atoms with Crippen LogP contribution >= 0.6 is 0 Å². The van der Waals surface area contributed by atoms with Gasteiger partial charge in [0, 0.05) is 0 Å². The summed E-state index contributed by atoms with van der Waals surface area (Å²) in [5.74, 6) is 0. The topological polar surface area (TPSA) is 63.6 Å². The molecule has 1 amide bonds. The summed E-state index contributed by atoms with van der Waals surface area (Å²) in [6, 6.07) is 12.0. The summed E-state index contributed by atoms with van der Waals surface area (Å²) in [6.45, 7) is 0. The Morgan fingerprint density at radius 2 is 1.25 bits per heavy atom. The molecule has 64 valence electrons. The molecule has 0 heterocycles. The predicted molar refractivity (Wildman–Crippen MR) is 43.9 cm³/mol. The van der Waals surface area contributed by atoms with Crippen molar-refractivity contribution in [3.05, 3.63) is 36.4 Å². The maximum atomic E-state index is 9.20. The zero-order valence-corrected chi connectivity index (χ0v) is 6.94. The molecule has 0 aliphatic rings. The van der Waals surface area contributed by atoms with E-state index in [4.69, 9.17) is 4.79 Å². The minimum absolute atomic E-state index is 0.0386. The van der Waals surface area contributed by atoms with E-state index in [0.717, 1.165) is 0 Å². The second-order valence-corrected chi connectivity index (χ2v) is 2.23. The summed E-state index contributed by atoms with van der Waals surface area (Å²) in [5, 5.41) is 0. The molecule has 0 radical (unpaired) electrons. The van der Waals surface area contributed by atoms with Gasteiger partial charge in [-0.1, -0.05) is 40.8 Å². The Morgan fingerprint density at radius 1 is 0.917 bits per heavy atom. The fourth-order valence-electron chi connectivity index (χ4n) is 0.420. The third-order valence-electron chi connectivity index (χ3n) is 0.796. The average molecular weight is 185 g/mol. The van der Waals surface area contributed by atoms with Crippen LogP contribution in [0.4, 0.5) is 0 Å². The fourth-order valence-corrected chi connectivity index (χ4v) is 0.490. The number of nitrogens with zero attached hydrogens (tertiary/aromatic N) is 1. The molecule has 0 saturated heterocycles. The largest absolute Gasteiger partial charge is 0.318 e. The van der Waals surface area contributed by atoms with Crippen molar-refractivity contribution < 1.29 is 13.2 Å². The molecule has 0 bridgehead atoms. The van der Waals surface area contributed by atoms with Crippen LogP contribution in [0.5, 0.6) is 0 Å². The third kappa shape index (κ3) is 8.51. The Kier molecular flexibility index (Phi) is 6.67. The highest BCUT2D eigenvalue weighted by Gasteiger charge is 1.58. The smallest absolute Gasteiger partial charge is 0.275 e. The van der Waals surface area contributed by atoms with Crippen LogP contribution in [0.2, 0.25) is 0 Å². The van der Waals surface area contributed by atoms with Gasteiger partial charge in [0.05, 0.1) is 0 Å². The number of rotatable bonds is 1. The molecule has 0 N–H and O–H groups in total. The molecule has 0 aliphatic carbocycles. The van der Waals surface area contributed by atoms with E-state index >= 15 is 0 Å². The Labute approximate surface area is 71.6 Å². The zero-order chi connectivity index (χ0) is 9.23. The number of benzene rings is 1. The molecule has 1 aromatic rings. The second-order valence-electron chi connectivity index (χ2n) is 1.58. The highest BCUT2D eigenvalue weighted by molar-refractivity contribution is 7.62. The molecule has 0 fully saturated rings. The predicted octanol–water partition coefficient (Wildman–Crippen LogP) is 0.892. The van der Waals surface area contributed by atoms with E-state index in [-0.39, 0.29) is 6.41 Å². The van der Waals surface area contributed by atoms with Crippen LogP contribution in [0.25, 0.3) is 0 Å². The highest BCUT2D eigenvalue weighted by atomic mass is 32.2. The molecule has 12 heavy (non-hydrogen) atoms. The van der Waals surface area contributed by atoms with Crippen molar-refractivity contribution in [2.24, 2.45) is 4.36 Å². The van der Waals surface area contributed by atoms with Crippen LogP contribution < -0.4 is 0 Å². The van der Waals surface area contributed by atoms with Crippen molar-refractivity contribution in [2.75, 3.05) is 0 Å². The van der Waals surface area contributed by atoms with Crippen molar-refractivity contribution in [2.45, 2.75) is 0 Å². The summed E-state index contributed by atoms with van der Waals surface area (Å²) in [6.07, 6.45) is -0.0386. The van der Waals surface area contributed by atoms with Gasteiger partial charge in [0.15, 0.2) is 0 Å². The van der Waals surface area contributed by atoms with Crippen LogP contribution in [0, 0.1) is 0 Å². The first kappa shape index (κ1) is 10.5. The quantitative estimate of drug-likeness (QED) is 0.610. The summed E-state index contributed by atoms with van der Waals surface area (Å²) in [5.41, 5.74) is 0. The number of carbonyl (C=O) groups excluding carboxylic acids is 1. The lowest BCUT2D eigenvalue weighted by atomic mass is 10.4. The monoisotopic (exact) mass is 185 g/mol. The minimum atomic E-state index is -2.56. The Hall–Kier alpha value is -1.49. The first-order chi connectivity index (χ1) is 5.77. The van der Waals surface area contributed by atoms with Gasteiger partial charge in [-0.05, 0) is 0 Å². The van der Waals surface area contributed by atoms with Crippen LogP contribution in [0.1, 0.15) is 0 Å². The Morgan fingerprint density at radius 3 is 1.33 bits per heavy atom. The van der Waals surface area contributed by atoms with Gasteiger partial charge < -0.3 is 0 Å². The van der Waals surface area contributed by atoms with Crippen LogP contribution in [0.3, 0.4) is 0 Å². The van der Waals surface area contributed by atoms with Gasteiger partial charge in [-0.15, -0.1) is 0 Å². The third-order valence-corrected chi connectivity index (χ3v) is 1.05. The van der Waals surface area contributed by atoms with E-state index in [1.54, 1.807) is 0 Å². The molecular weight excluding hydrogens is 178 g/mol. The van der Waals surface area contributed by atoms with Gasteiger partial charge in [-0.3, -0.25) is 4.79 Å². The minimum Gasteiger partial charge on any atom is -0.275 e. The molecule has 1 aromatic carbocycles. The van der Waals surface area contributed by atoms with E-state index in [1.807, 2.05) is 36.4 Å². The number of hydrogen-bond donors (Lipinski definition) is 0. The molecule has 1 rings (SSSR count). The van der Waals surface area contributed by atoms with Crippen LogP contribution in [-0.4, -0.2) is 14.8 Å². The number of carbonyl (C=O) groups is 1. The molecule has 0 unspecified atom stereocenters. The summed E-state index contributed by atoms with van der Waals surface area (Å²) < 4.78 is 20.8. The fraction of sp³-hybridized carbons (Fsp3) is 0. The molecule has 0 aromatic heterocycles. The molecule has 0 aliphatic heterocycles. The summed E-state index contributed by atoms with van der Waals surface area (Å²) in [7, 11) is -2.56. The van der Waals surface area contributed by atoms with Gasteiger partial charge in [0.2, 0.25) is 6.41 Å². The number of hydrogen-bond acceptors (Lipinski definition) is 3. The second kappa shape index (κ2) is 7.62. The van der Waals surface area contributed by atoms with Crippen LogP contribution in [-0.2, 0) is 15.3 Å². The lowest BCUT2D eigenvalue weighted by Gasteiger charge is -1.69. The molecule has 0 spiro atoms. The Bertz CT molecular complexity index is 296. The normalized spacial score (nSPS) is 7.33. The van der Waals surface area contributed by atoms with E-state index in [0.29, 0.717) is 0 Å². The van der Waals surface area contributed by atoms with Crippen molar-refractivity contribution in [3.8, 4) is 0 Å². The maximum Gasteiger partial charge on any atom is 0.318 e. The molecule has 0 saturated carbocycles. The maximum absolute atomic E-state index is 9.20. The van der Waals surface area contributed by atoms with Gasteiger partial charge in [0.1, 0.15) is 0 Å². The van der Waals surface area contributed by atoms with Crippen molar-refractivity contribution in [1.82, 2.24) is 0 Å². The first-order valence-electron chi connectivity index (χ1n) is 3.01. The van der Waals surface area contributed by atoms with Crippen molar-refractivity contribution in [1.29, 1.82) is 0 Å².